The van der Waals surface area contributed by atoms with Crippen LogP contribution in [-0.2, 0) is 9.53 Å². The molecule has 3 heteroatoms. The molecule has 0 aromatic heterocycles. The standard InChI is InChI=1S/C17H27NO2/c1-14(2)13-20-11-7-10-18-17(19)12-15(3)16-8-5-4-6-9-16/h4-6,8-9,14-15H,7,10-13H2,1-3H3,(H,18,19). The van der Waals surface area contributed by atoms with Crippen molar-refractivity contribution < 1.29 is 9.53 Å². The van der Waals surface area contributed by atoms with Crippen LogP contribution < -0.4 is 5.32 Å². The highest BCUT2D eigenvalue weighted by Crippen LogP contribution is 2.17. The number of carbonyl (C=O) groups is 1. The zero-order valence-corrected chi connectivity index (χ0v) is 12.9. The summed E-state index contributed by atoms with van der Waals surface area (Å²) in [6, 6.07) is 10.1. The largest absolute Gasteiger partial charge is 0.381 e. The summed E-state index contributed by atoms with van der Waals surface area (Å²) in [7, 11) is 0. The fraction of sp³-hybridized carbons (Fsp3) is 0.588. The molecule has 1 N–H and O–H groups in total. The van der Waals surface area contributed by atoms with Crippen LogP contribution in [0.5, 0.6) is 0 Å². The Morgan fingerprint density at radius 3 is 2.55 bits per heavy atom. The van der Waals surface area contributed by atoms with E-state index in [0.29, 0.717) is 25.5 Å². The normalized spacial score (nSPS) is 12.4. The van der Waals surface area contributed by atoms with Gasteiger partial charge in [-0.15, -0.1) is 0 Å². The summed E-state index contributed by atoms with van der Waals surface area (Å²) in [5, 5.41) is 2.95. The maximum absolute atomic E-state index is 11.8. The second-order valence-corrected chi connectivity index (χ2v) is 5.69. The predicted molar refractivity (Wildman–Crippen MR) is 82.8 cm³/mol. The minimum absolute atomic E-state index is 0.116. The van der Waals surface area contributed by atoms with E-state index >= 15 is 0 Å². The van der Waals surface area contributed by atoms with Gasteiger partial charge in [0.05, 0.1) is 0 Å². The van der Waals surface area contributed by atoms with Gasteiger partial charge in [-0.3, -0.25) is 4.79 Å². The fourth-order valence-corrected chi connectivity index (χ4v) is 1.97. The van der Waals surface area contributed by atoms with Crippen LogP contribution in [0.4, 0.5) is 0 Å². The first-order valence-corrected chi connectivity index (χ1v) is 7.49. The third-order valence-electron chi connectivity index (χ3n) is 3.10. The SMILES string of the molecule is CC(C)COCCCNC(=O)CC(C)c1ccccc1. The van der Waals surface area contributed by atoms with Crippen LogP contribution in [0.2, 0.25) is 0 Å². The lowest BCUT2D eigenvalue weighted by Crippen LogP contribution is -2.26. The first-order valence-electron chi connectivity index (χ1n) is 7.49. The van der Waals surface area contributed by atoms with Crippen molar-refractivity contribution in [3.63, 3.8) is 0 Å². The number of ether oxygens (including phenoxy) is 1. The Bertz CT molecular complexity index is 376. The Balaban J connectivity index is 2.11. The van der Waals surface area contributed by atoms with Gasteiger partial charge in [0.1, 0.15) is 0 Å². The van der Waals surface area contributed by atoms with E-state index in [1.807, 2.05) is 18.2 Å². The van der Waals surface area contributed by atoms with Gasteiger partial charge in [0.15, 0.2) is 0 Å². The first-order chi connectivity index (χ1) is 9.59. The summed E-state index contributed by atoms with van der Waals surface area (Å²) in [6.45, 7) is 8.55. The van der Waals surface area contributed by atoms with Crippen molar-refractivity contribution in [2.24, 2.45) is 5.92 Å². The van der Waals surface area contributed by atoms with Crippen LogP contribution in [0.25, 0.3) is 0 Å². The Hall–Kier alpha value is -1.35. The Labute approximate surface area is 122 Å². The molecular weight excluding hydrogens is 250 g/mol. The fourth-order valence-electron chi connectivity index (χ4n) is 1.97. The van der Waals surface area contributed by atoms with Gasteiger partial charge in [-0.25, -0.2) is 0 Å². The number of hydrogen-bond donors (Lipinski definition) is 1. The highest BCUT2D eigenvalue weighted by Gasteiger charge is 2.10. The lowest BCUT2D eigenvalue weighted by Gasteiger charge is -2.12. The molecule has 1 aromatic carbocycles. The smallest absolute Gasteiger partial charge is 0.220 e. The molecule has 1 atom stereocenters. The minimum atomic E-state index is 0.116. The van der Waals surface area contributed by atoms with E-state index < -0.39 is 0 Å². The van der Waals surface area contributed by atoms with Crippen LogP contribution in [0.1, 0.15) is 45.1 Å². The molecule has 0 saturated carbocycles. The number of benzene rings is 1. The van der Waals surface area contributed by atoms with Gasteiger partial charge in [-0.1, -0.05) is 51.1 Å². The van der Waals surface area contributed by atoms with Crippen molar-refractivity contribution in [1.29, 1.82) is 0 Å². The van der Waals surface area contributed by atoms with E-state index in [9.17, 15) is 4.79 Å². The van der Waals surface area contributed by atoms with Crippen LogP contribution in [-0.4, -0.2) is 25.7 Å². The van der Waals surface area contributed by atoms with Gasteiger partial charge in [0.25, 0.3) is 0 Å². The molecule has 1 amide bonds. The minimum Gasteiger partial charge on any atom is -0.381 e. The molecule has 0 spiro atoms. The van der Waals surface area contributed by atoms with E-state index in [4.69, 9.17) is 4.74 Å². The maximum atomic E-state index is 11.8. The van der Waals surface area contributed by atoms with Crippen LogP contribution in [0, 0.1) is 5.92 Å². The van der Waals surface area contributed by atoms with E-state index in [1.165, 1.54) is 5.56 Å². The van der Waals surface area contributed by atoms with Crippen molar-refractivity contribution in [2.45, 2.75) is 39.5 Å². The summed E-state index contributed by atoms with van der Waals surface area (Å²) in [5.74, 6) is 0.940. The predicted octanol–water partition coefficient (Wildman–Crippen LogP) is 3.36. The maximum Gasteiger partial charge on any atom is 0.220 e. The summed E-state index contributed by atoms with van der Waals surface area (Å²) in [4.78, 5) is 11.8. The van der Waals surface area contributed by atoms with Crippen LogP contribution >= 0.6 is 0 Å². The molecule has 0 aliphatic carbocycles. The first kappa shape index (κ1) is 16.7. The van der Waals surface area contributed by atoms with Crippen molar-refractivity contribution >= 4 is 5.91 Å². The quantitative estimate of drug-likeness (QED) is 0.703. The van der Waals surface area contributed by atoms with E-state index in [0.717, 1.165) is 13.0 Å². The monoisotopic (exact) mass is 277 g/mol. The van der Waals surface area contributed by atoms with E-state index in [-0.39, 0.29) is 11.8 Å². The van der Waals surface area contributed by atoms with Crippen molar-refractivity contribution in [2.75, 3.05) is 19.8 Å². The van der Waals surface area contributed by atoms with Gasteiger partial charge in [-0.05, 0) is 23.8 Å². The molecule has 0 saturated heterocycles. The molecule has 0 aliphatic rings. The molecule has 3 nitrogen and oxygen atoms in total. The number of nitrogens with one attached hydrogen (secondary N) is 1. The molecule has 20 heavy (non-hydrogen) atoms. The molecule has 1 unspecified atom stereocenters. The van der Waals surface area contributed by atoms with Gasteiger partial charge < -0.3 is 10.1 Å². The van der Waals surface area contributed by atoms with Crippen molar-refractivity contribution in [3.8, 4) is 0 Å². The van der Waals surface area contributed by atoms with Crippen molar-refractivity contribution in [1.82, 2.24) is 5.32 Å². The molecule has 112 valence electrons. The molecule has 0 heterocycles. The summed E-state index contributed by atoms with van der Waals surface area (Å²) in [6.07, 6.45) is 1.41. The van der Waals surface area contributed by atoms with Gasteiger partial charge in [-0.2, -0.15) is 0 Å². The number of rotatable bonds is 9. The average Bonchev–Trinajstić information content (AvgIpc) is 2.43. The molecular formula is C17H27NO2. The Morgan fingerprint density at radius 1 is 1.20 bits per heavy atom. The average molecular weight is 277 g/mol. The van der Waals surface area contributed by atoms with Gasteiger partial charge >= 0.3 is 0 Å². The highest BCUT2D eigenvalue weighted by molar-refractivity contribution is 5.76. The summed E-state index contributed by atoms with van der Waals surface area (Å²) >= 11 is 0. The highest BCUT2D eigenvalue weighted by atomic mass is 16.5. The summed E-state index contributed by atoms with van der Waals surface area (Å²) < 4.78 is 5.48. The summed E-state index contributed by atoms with van der Waals surface area (Å²) in [5.41, 5.74) is 1.21. The topological polar surface area (TPSA) is 38.3 Å². The van der Waals surface area contributed by atoms with Crippen LogP contribution in [0.3, 0.4) is 0 Å². The lowest BCUT2D eigenvalue weighted by atomic mass is 9.98. The number of amides is 1. The zero-order chi connectivity index (χ0) is 14.8. The third-order valence-corrected chi connectivity index (χ3v) is 3.10. The van der Waals surface area contributed by atoms with Gasteiger partial charge in [0, 0.05) is 26.2 Å². The lowest BCUT2D eigenvalue weighted by molar-refractivity contribution is -0.121. The van der Waals surface area contributed by atoms with Crippen LogP contribution in [0.15, 0.2) is 30.3 Å². The molecule has 0 fully saturated rings. The van der Waals surface area contributed by atoms with E-state index in [1.54, 1.807) is 0 Å². The zero-order valence-electron chi connectivity index (χ0n) is 12.9. The second-order valence-electron chi connectivity index (χ2n) is 5.69. The molecule has 1 aromatic rings. The molecule has 1 rings (SSSR count). The van der Waals surface area contributed by atoms with E-state index in [2.05, 4.69) is 38.2 Å². The number of carbonyl (C=O) groups excluding carboxylic acids is 1. The second kappa shape index (κ2) is 9.54. The molecule has 0 bridgehead atoms. The number of hydrogen-bond acceptors (Lipinski definition) is 2. The third kappa shape index (κ3) is 7.29. The Morgan fingerprint density at radius 2 is 1.90 bits per heavy atom. The Kier molecular flexibility index (Phi) is 7.97. The molecule has 0 radical (unpaired) electrons. The van der Waals surface area contributed by atoms with Crippen molar-refractivity contribution in [3.05, 3.63) is 35.9 Å². The molecule has 0 aliphatic heterocycles. The van der Waals surface area contributed by atoms with Gasteiger partial charge in [0.2, 0.25) is 5.91 Å².